The molecule has 6 heteroatoms. The number of aryl methyl sites for hydroxylation is 1. The first-order valence-corrected chi connectivity index (χ1v) is 5.51. The molecular formula is C10H12ClN5. The molecule has 0 saturated carbocycles. The fourth-order valence-corrected chi connectivity index (χ4v) is 1.65. The van der Waals surface area contributed by atoms with Crippen LogP contribution in [0.3, 0.4) is 0 Å². The highest BCUT2D eigenvalue weighted by Crippen LogP contribution is 2.11. The number of rotatable bonds is 4. The lowest BCUT2D eigenvalue weighted by molar-refractivity contribution is 0.692. The van der Waals surface area contributed by atoms with Crippen molar-refractivity contribution >= 4 is 11.6 Å². The van der Waals surface area contributed by atoms with Crippen LogP contribution in [-0.2, 0) is 13.0 Å². The average molecular weight is 238 g/mol. The van der Waals surface area contributed by atoms with E-state index in [9.17, 15) is 0 Å². The van der Waals surface area contributed by atoms with Gasteiger partial charge in [-0.2, -0.15) is 0 Å². The summed E-state index contributed by atoms with van der Waals surface area (Å²) in [7, 11) is 0. The van der Waals surface area contributed by atoms with E-state index in [1.54, 1.807) is 6.20 Å². The molecular weight excluding hydrogens is 226 g/mol. The predicted octanol–water partition coefficient (Wildman–Crippen LogP) is 1.72. The van der Waals surface area contributed by atoms with Gasteiger partial charge in [-0.15, -0.1) is 10.2 Å². The molecule has 0 aliphatic heterocycles. The van der Waals surface area contributed by atoms with Crippen LogP contribution in [0.5, 0.6) is 0 Å². The van der Waals surface area contributed by atoms with E-state index in [1.165, 1.54) is 6.33 Å². The van der Waals surface area contributed by atoms with Crippen LogP contribution in [0.4, 0.5) is 0 Å². The zero-order valence-electron chi connectivity index (χ0n) is 8.97. The maximum Gasteiger partial charge on any atom is 0.225 e. The molecule has 2 rings (SSSR count). The maximum atomic E-state index is 5.98. The van der Waals surface area contributed by atoms with Crippen molar-refractivity contribution in [3.8, 4) is 0 Å². The molecule has 0 fully saturated rings. The lowest BCUT2D eigenvalue weighted by atomic mass is 10.3. The normalized spacial score (nSPS) is 10.6. The summed E-state index contributed by atoms with van der Waals surface area (Å²) in [6, 6.07) is 1.85. The zero-order chi connectivity index (χ0) is 11.4. The Labute approximate surface area is 98.5 Å². The number of hydrogen-bond donors (Lipinski definition) is 0. The summed E-state index contributed by atoms with van der Waals surface area (Å²) < 4.78 is 1.87. The van der Waals surface area contributed by atoms with Gasteiger partial charge in [-0.25, -0.2) is 9.97 Å². The smallest absolute Gasteiger partial charge is 0.225 e. The van der Waals surface area contributed by atoms with Gasteiger partial charge in [0.15, 0.2) is 0 Å². The van der Waals surface area contributed by atoms with Crippen molar-refractivity contribution in [1.82, 2.24) is 24.7 Å². The Hall–Kier alpha value is -1.49. The van der Waals surface area contributed by atoms with Crippen LogP contribution < -0.4 is 0 Å². The highest BCUT2D eigenvalue weighted by atomic mass is 35.5. The SMILES string of the molecule is CCCc1nnc(Cl)n1Cc1ccncn1. The van der Waals surface area contributed by atoms with Crippen molar-refractivity contribution in [1.29, 1.82) is 0 Å². The number of halogens is 1. The number of hydrogen-bond acceptors (Lipinski definition) is 4. The second-order valence-corrected chi connectivity index (χ2v) is 3.76. The molecule has 0 aromatic carbocycles. The Kier molecular flexibility index (Phi) is 3.46. The zero-order valence-corrected chi connectivity index (χ0v) is 9.72. The van der Waals surface area contributed by atoms with E-state index in [0.717, 1.165) is 24.4 Å². The van der Waals surface area contributed by atoms with Gasteiger partial charge in [-0.3, -0.25) is 4.57 Å². The van der Waals surface area contributed by atoms with E-state index in [2.05, 4.69) is 27.1 Å². The minimum atomic E-state index is 0.405. The lowest BCUT2D eigenvalue weighted by Gasteiger charge is -2.05. The summed E-state index contributed by atoms with van der Waals surface area (Å²) in [5.74, 6) is 0.895. The molecule has 0 spiro atoms. The van der Waals surface area contributed by atoms with Crippen molar-refractivity contribution in [2.75, 3.05) is 0 Å². The van der Waals surface area contributed by atoms with Crippen LogP contribution in [0.15, 0.2) is 18.6 Å². The van der Waals surface area contributed by atoms with Gasteiger partial charge < -0.3 is 0 Å². The van der Waals surface area contributed by atoms with Crippen LogP contribution in [0.2, 0.25) is 5.28 Å². The number of nitrogens with zero attached hydrogens (tertiary/aromatic N) is 5. The molecule has 84 valence electrons. The minimum absolute atomic E-state index is 0.405. The molecule has 16 heavy (non-hydrogen) atoms. The summed E-state index contributed by atoms with van der Waals surface area (Å²) in [6.07, 6.45) is 5.11. The fourth-order valence-electron chi connectivity index (χ4n) is 1.45. The Bertz CT molecular complexity index is 453. The highest BCUT2D eigenvalue weighted by molar-refractivity contribution is 6.28. The molecule has 0 N–H and O–H groups in total. The molecule has 0 bridgehead atoms. The molecule has 2 aromatic rings. The second kappa shape index (κ2) is 5.03. The van der Waals surface area contributed by atoms with Crippen molar-refractivity contribution in [2.24, 2.45) is 0 Å². The number of aromatic nitrogens is 5. The summed E-state index contributed by atoms with van der Waals surface area (Å²) in [5, 5.41) is 8.31. The third-order valence-corrected chi connectivity index (χ3v) is 2.50. The van der Waals surface area contributed by atoms with Crippen molar-refractivity contribution in [3.05, 3.63) is 35.4 Å². The molecule has 0 unspecified atom stereocenters. The second-order valence-electron chi connectivity index (χ2n) is 3.42. The Balaban J connectivity index is 2.23. The molecule has 0 amide bonds. The quantitative estimate of drug-likeness (QED) is 0.813. The van der Waals surface area contributed by atoms with Crippen LogP contribution in [0.1, 0.15) is 24.9 Å². The van der Waals surface area contributed by atoms with E-state index in [0.29, 0.717) is 11.8 Å². The fraction of sp³-hybridized carbons (Fsp3) is 0.400. The molecule has 2 aromatic heterocycles. The molecule has 2 heterocycles. The van der Waals surface area contributed by atoms with E-state index in [-0.39, 0.29) is 0 Å². The van der Waals surface area contributed by atoms with Crippen LogP contribution >= 0.6 is 11.6 Å². The molecule has 0 atom stereocenters. The first-order chi connectivity index (χ1) is 7.81. The Morgan fingerprint density at radius 2 is 2.25 bits per heavy atom. The van der Waals surface area contributed by atoms with Crippen LogP contribution in [0, 0.1) is 0 Å². The first kappa shape index (κ1) is 11.0. The maximum absolute atomic E-state index is 5.98. The lowest BCUT2D eigenvalue weighted by Crippen LogP contribution is -2.06. The molecule has 0 saturated heterocycles. The minimum Gasteiger partial charge on any atom is -0.296 e. The topological polar surface area (TPSA) is 56.5 Å². The van der Waals surface area contributed by atoms with Gasteiger partial charge >= 0.3 is 0 Å². The summed E-state index contributed by atoms with van der Waals surface area (Å²) in [5.41, 5.74) is 0.897. The van der Waals surface area contributed by atoms with Gasteiger partial charge in [0.05, 0.1) is 12.2 Å². The van der Waals surface area contributed by atoms with Crippen molar-refractivity contribution in [2.45, 2.75) is 26.3 Å². The summed E-state index contributed by atoms with van der Waals surface area (Å²) in [4.78, 5) is 8.02. The third-order valence-electron chi connectivity index (χ3n) is 2.22. The molecule has 0 aliphatic rings. The third kappa shape index (κ3) is 2.36. The standard InChI is InChI=1S/C10H12ClN5/c1-2-3-9-14-15-10(11)16(9)6-8-4-5-12-7-13-8/h4-5,7H,2-3,6H2,1H3. The van der Waals surface area contributed by atoms with Gasteiger partial charge in [-0.1, -0.05) is 6.92 Å². The highest BCUT2D eigenvalue weighted by Gasteiger charge is 2.09. The Morgan fingerprint density at radius 3 is 2.94 bits per heavy atom. The van der Waals surface area contributed by atoms with Gasteiger partial charge in [0, 0.05) is 12.6 Å². The van der Waals surface area contributed by atoms with Gasteiger partial charge in [0.25, 0.3) is 0 Å². The van der Waals surface area contributed by atoms with Gasteiger partial charge in [-0.05, 0) is 24.1 Å². The van der Waals surface area contributed by atoms with E-state index >= 15 is 0 Å². The molecule has 0 radical (unpaired) electrons. The molecule has 5 nitrogen and oxygen atoms in total. The van der Waals surface area contributed by atoms with Crippen LogP contribution in [0.25, 0.3) is 0 Å². The van der Waals surface area contributed by atoms with Crippen LogP contribution in [-0.4, -0.2) is 24.7 Å². The van der Waals surface area contributed by atoms with Crippen molar-refractivity contribution < 1.29 is 0 Å². The van der Waals surface area contributed by atoms with Gasteiger partial charge in [0.1, 0.15) is 12.2 Å². The van der Waals surface area contributed by atoms with Crippen molar-refractivity contribution in [3.63, 3.8) is 0 Å². The Morgan fingerprint density at radius 1 is 1.38 bits per heavy atom. The van der Waals surface area contributed by atoms with Gasteiger partial charge in [0.2, 0.25) is 5.28 Å². The molecule has 0 aliphatic carbocycles. The summed E-state index contributed by atoms with van der Waals surface area (Å²) >= 11 is 5.98. The average Bonchev–Trinajstić information content (AvgIpc) is 2.64. The largest absolute Gasteiger partial charge is 0.296 e. The van der Waals surface area contributed by atoms with E-state index < -0.39 is 0 Å². The summed E-state index contributed by atoms with van der Waals surface area (Å²) in [6.45, 7) is 2.68. The van der Waals surface area contributed by atoms with E-state index in [1.807, 2.05) is 10.6 Å². The predicted molar refractivity (Wildman–Crippen MR) is 60.2 cm³/mol. The monoisotopic (exact) mass is 237 g/mol. The first-order valence-electron chi connectivity index (χ1n) is 5.13. The van der Waals surface area contributed by atoms with E-state index in [4.69, 9.17) is 11.6 Å².